The molecule has 62 heavy (non-hydrogen) atoms. The van der Waals surface area contributed by atoms with Gasteiger partial charge in [0.1, 0.15) is 0 Å². The minimum Gasteiger partial charge on any atom is -0.310 e. The van der Waals surface area contributed by atoms with Crippen molar-refractivity contribution in [3.05, 3.63) is 240 Å². The van der Waals surface area contributed by atoms with Crippen LogP contribution in [0.2, 0.25) is 0 Å². The first kappa shape index (κ1) is 38.8. The lowest BCUT2D eigenvalue weighted by Crippen LogP contribution is -2.33. The molecule has 0 aromatic heterocycles. The predicted molar refractivity (Wildman–Crippen MR) is 266 cm³/mol. The zero-order valence-electron chi connectivity index (χ0n) is 36.3. The third-order valence-electron chi connectivity index (χ3n) is 13.7. The molecular weight excluding hydrogens is 751 g/mol. The Balaban J connectivity index is 1.01. The van der Waals surface area contributed by atoms with E-state index in [4.69, 9.17) is 0 Å². The summed E-state index contributed by atoms with van der Waals surface area (Å²) in [7, 11) is 0. The summed E-state index contributed by atoms with van der Waals surface area (Å²) in [5, 5.41) is 2.34. The van der Waals surface area contributed by atoms with Gasteiger partial charge in [-0.2, -0.15) is 0 Å². The van der Waals surface area contributed by atoms with Crippen molar-refractivity contribution in [3.8, 4) is 11.1 Å². The molecule has 0 bridgehead atoms. The van der Waals surface area contributed by atoms with Crippen molar-refractivity contribution in [2.75, 3.05) is 14.7 Å². The predicted octanol–water partition coefficient (Wildman–Crippen LogP) is 16.1. The van der Waals surface area contributed by atoms with Gasteiger partial charge in [0.25, 0.3) is 0 Å². The normalized spacial score (nSPS) is 16.0. The van der Waals surface area contributed by atoms with E-state index >= 15 is 0 Å². The van der Waals surface area contributed by atoms with Gasteiger partial charge in [-0.25, -0.2) is 0 Å². The van der Waals surface area contributed by atoms with Gasteiger partial charge in [-0.3, -0.25) is 0 Å². The average molecular weight is 802 g/mol. The highest BCUT2D eigenvalue weighted by Gasteiger charge is 2.39. The number of hydrogen-bond acceptors (Lipinski definition) is 3. The van der Waals surface area contributed by atoms with Gasteiger partial charge in [-0.1, -0.05) is 163 Å². The molecule has 0 radical (unpaired) electrons. The quantitative estimate of drug-likeness (QED) is 0.142. The van der Waals surface area contributed by atoms with Gasteiger partial charge >= 0.3 is 0 Å². The Hall–Kier alpha value is -7.36. The van der Waals surface area contributed by atoms with Crippen molar-refractivity contribution in [3.63, 3.8) is 0 Å². The molecule has 7 aromatic carbocycles. The van der Waals surface area contributed by atoms with Crippen LogP contribution >= 0.6 is 0 Å². The molecule has 3 aliphatic rings. The summed E-state index contributed by atoms with van der Waals surface area (Å²) in [6.07, 6.45) is 10.4. The SMILES string of the molecule is C=CC1=C(C=C)N(c2cccc3c(/C=C/c4ccc5c(c4)C(C)(C)c4cc(N6C(C=C)=C(C)C(C)(C)c7ccccc76)ccc4-5)cccc23)c2ccccc2N1c1ccccc1. The van der Waals surface area contributed by atoms with Crippen LogP contribution < -0.4 is 14.7 Å². The number of benzene rings is 7. The van der Waals surface area contributed by atoms with E-state index in [2.05, 4.69) is 227 Å². The summed E-state index contributed by atoms with van der Waals surface area (Å²) in [6, 6.07) is 55.0. The molecule has 7 aromatic rings. The smallest absolute Gasteiger partial charge is 0.0703 e. The molecule has 0 spiro atoms. The fraction of sp³-hybridized carbons (Fsp3) is 0.119. The van der Waals surface area contributed by atoms with Crippen LogP contribution in [0.25, 0.3) is 34.1 Å². The van der Waals surface area contributed by atoms with Crippen LogP contribution in [0.4, 0.5) is 34.1 Å². The van der Waals surface area contributed by atoms with Crippen molar-refractivity contribution in [2.45, 2.75) is 45.4 Å². The number of rotatable bonds is 8. The van der Waals surface area contributed by atoms with E-state index in [1.807, 2.05) is 24.3 Å². The molecule has 0 amide bonds. The lowest BCUT2D eigenvalue weighted by Gasteiger charge is -2.42. The first-order valence-corrected chi connectivity index (χ1v) is 21.5. The number of anilines is 6. The molecular formula is C59H51N3. The first-order chi connectivity index (χ1) is 30.1. The van der Waals surface area contributed by atoms with E-state index in [1.54, 1.807) is 0 Å². The summed E-state index contributed by atoms with van der Waals surface area (Å²) in [6.45, 7) is 24.5. The monoisotopic (exact) mass is 801 g/mol. The summed E-state index contributed by atoms with van der Waals surface area (Å²) < 4.78 is 0. The summed E-state index contributed by atoms with van der Waals surface area (Å²) >= 11 is 0. The highest BCUT2D eigenvalue weighted by Crippen LogP contribution is 2.54. The topological polar surface area (TPSA) is 9.72 Å². The van der Waals surface area contributed by atoms with Crippen LogP contribution in [0.3, 0.4) is 0 Å². The fourth-order valence-electron chi connectivity index (χ4n) is 10.2. The molecule has 1 aliphatic carbocycles. The highest BCUT2D eigenvalue weighted by atomic mass is 15.3. The Morgan fingerprint density at radius 3 is 1.71 bits per heavy atom. The summed E-state index contributed by atoms with van der Waals surface area (Å²) in [5.74, 6) is 0. The Morgan fingerprint density at radius 2 is 0.984 bits per heavy atom. The lowest BCUT2D eigenvalue weighted by atomic mass is 9.73. The Bertz CT molecular complexity index is 3100. The molecule has 0 unspecified atom stereocenters. The molecule has 0 fully saturated rings. The second-order valence-corrected chi connectivity index (χ2v) is 17.6. The minimum absolute atomic E-state index is 0.0895. The van der Waals surface area contributed by atoms with E-state index in [-0.39, 0.29) is 10.8 Å². The van der Waals surface area contributed by atoms with Gasteiger partial charge in [0, 0.05) is 33.3 Å². The molecule has 0 N–H and O–H groups in total. The molecule has 3 heteroatoms. The van der Waals surface area contributed by atoms with Gasteiger partial charge in [0.15, 0.2) is 0 Å². The molecule has 0 atom stereocenters. The summed E-state index contributed by atoms with van der Waals surface area (Å²) in [4.78, 5) is 7.01. The molecule has 3 nitrogen and oxygen atoms in total. The van der Waals surface area contributed by atoms with E-state index in [1.165, 1.54) is 50.0 Å². The third-order valence-corrected chi connectivity index (χ3v) is 13.7. The second-order valence-electron chi connectivity index (χ2n) is 17.6. The van der Waals surface area contributed by atoms with E-state index < -0.39 is 0 Å². The van der Waals surface area contributed by atoms with Crippen molar-refractivity contribution in [2.24, 2.45) is 0 Å². The number of allylic oxidation sites excluding steroid dienone is 4. The Morgan fingerprint density at radius 1 is 0.419 bits per heavy atom. The van der Waals surface area contributed by atoms with Gasteiger partial charge in [0.2, 0.25) is 0 Å². The summed E-state index contributed by atoms with van der Waals surface area (Å²) in [5.41, 5.74) is 19.8. The largest absolute Gasteiger partial charge is 0.310 e. The van der Waals surface area contributed by atoms with Crippen molar-refractivity contribution < 1.29 is 0 Å². The third kappa shape index (κ3) is 5.79. The zero-order chi connectivity index (χ0) is 42.9. The van der Waals surface area contributed by atoms with Gasteiger partial charge in [0.05, 0.1) is 34.1 Å². The number of nitrogens with zero attached hydrogens (tertiary/aromatic N) is 3. The maximum Gasteiger partial charge on any atom is 0.0703 e. The van der Waals surface area contributed by atoms with Crippen LogP contribution in [-0.2, 0) is 10.8 Å². The fourth-order valence-corrected chi connectivity index (χ4v) is 10.2. The van der Waals surface area contributed by atoms with Crippen LogP contribution in [0.15, 0.2) is 212 Å². The number of hydrogen-bond donors (Lipinski definition) is 0. The standard InChI is InChI=1S/C59H51N3/c1-9-51-39(4)58(5,6)48-26-15-16-27-55(48)61(51)43-34-36-46-45-35-32-40(37-49(45)59(7,8)50(46)38-43)31-33-41-21-19-25-47-44(41)24-20-30-54(47)62-53(11-3)52(10-2)60(42-22-13-12-14-23-42)56-28-17-18-29-57(56)62/h9-38H,1-3H2,4-8H3/b33-31+. The molecule has 0 saturated heterocycles. The minimum atomic E-state index is -0.192. The van der Waals surface area contributed by atoms with E-state index in [9.17, 15) is 0 Å². The molecule has 10 rings (SSSR count). The second kappa shape index (κ2) is 14.7. The van der Waals surface area contributed by atoms with Crippen LogP contribution in [0.5, 0.6) is 0 Å². The van der Waals surface area contributed by atoms with E-state index in [0.29, 0.717) is 0 Å². The maximum absolute atomic E-state index is 4.32. The van der Waals surface area contributed by atoms with Crippen molar-refractivity contribution in [1.29, 1.82) is 0 Å². The van der Waals surface area contributed by atoms with Crippen LogP contribution in [-0.4, -0.2) is 0 Å². The number of para-hydroxylation sites is 4. The van der Waals surface area contributed by atoms with Crippen LogP contribution in [0, 0.1) is 0 Å². The van der Waals surface area contributed by atoms with Gasteiger partial charge < -0.3 is 14.7 Å². The molecule has 0 saturated carbocycles. The van der Waals surface area contributed by atoms with Crippen molar-refractivity contribution >= 4 is 57.0 Å². The Kier molecular flexibility index (Phi) is 9.19. The first-order valence-electron chi connectivity index (χ1n) is 21.5. The zero-order valence-corrected chi connectivity index (χ0v) is 36.3. The lowest BCUT2D eigenvalue weighted by molar-refractivity contribution is 0.605. The van der Waals surface area contributed by atoms with Gasteiger partial charge in [-0.15, -0.1) is 0 Å². The number of fused-ring (bicyclic) bond motifs is 6. The maximum atomic E-state index is 4.32. The van der Waals surface area contributed by atoms with E-state index in [0.717, 1.165) is 56.5 Å². The highest BCUT2D eigenvalue weighted by molar-refractivity contribution is 6.04. The Labute approximate surface area is 366 Å². The molecule has 2 heterocycles. The molecule has 302 valence electrons. The van der Waals surface area contributed by atoms with Crippen molar-refractivity contribution in [1.82, 2.24) is 0 Å². The average Bonchev–Trinajstić information content (AvgIpc) is 3.53. The molecule has 2 aliphatic heterocycles. The van der Waals surface area contributed by atoms with Gasteiger partial charge in [-0.05, 0) is 124 Å². The van der Waals surface area contributed by atoms with Crippen LogP contribution in [0.1, 0.15) is 62.4 Å².